The minimum absolute atomic E-state index is 0.00222. The number of phenolic OH excluding ortho intramolecular Hbond substituents is 1. The fraction of sp³-hybridized carbons (Fsp3) is 0.368. The molecule has 3 aliphatic rings. The van der Waals surface area contributed by atoms with Crippen molar-refractivity contribution in [2.24, 2.45) is 4.99 Å². The van der Waals surface area contributed by atoms with Crippen LogP contribution in [0.4, 0.5) is 0 Å². The Morgan fingerprint density at radius 3 is 3.00 bits per heavy atom. The number of ketones is 1. The largest absolute Gasteiger partial charge is 0.504 e. The summed E-state index contributed by atoms with van der Waals surface area (Å²) in [4.78, 5) is 16.8. The molecule has 0 amide bonds. The molecule has 2 N–H and O–H groups in total. The van der Waals surface area contributed by atoms with Crippen LogP contribution in [0.25, 0.3) is 0 Å². The van der Waals surface area contributed by atoms with Gasteiger partial charge < -0.3 is 14.9 Å². The Bertz CT molecular complexity index is 825. The van der Waals surface area contributed by atoms with E-state index >= 15 is 0 Å². The lowest BCUT2D eigenvalue weighted by molar-refractivity contribution is -0.130. The smallest absolute Gasteiger partial charge is 0.197 e. The molecule has 1 aliphatic heterocycles. The summed E-state index contributed by atoms with van der Waals surface area (Å²) in [6.45, 7) is 6.06. The first-order chi connectivity index (χ1) is 11.5. The van der Waals surface area contributed by atoms with Crippen LogP contribution in [0.1, 0.15) is 24.5 Å². The molecule has 1 aromatic carbocycles. The Balaban J connectivity index is 1.97. The number of aromatic hydroxyl groups is 1. The number of rotatable bonds is 3. The molecule has 1 fully saturated rings. The molecule has 1 saturated carbocycles. The van der Waals surface area contributed by atoms with Crippen molar-refractivity contribution < 1.29 is 19.7 Å². The van der Waals surface area contributed by atoms with Crippen molar-refractivity contribution in [2.45, 2.75) is 36.9 Å². The van der Waals surface area contributed by atoms with Crippen LogP contribution < -0.4 is 4.74 Å². The minimum atomic E-state index is -1.36. The van der Waals surface area contributed by atoms with Crippen molar-refractivity contribution in [1.29, 1.82) is 0 Å². The van der Waals surface area contributed by atoms with Gasteiger partial charge >= 0.3 is 0 Å². The number of hydrogen-bond donors (Lipinski definition) is 2. The average Bonchev–Trinajstić information content (AvgIpc) is 2.95. The van der Waals surface area contributed by atoms with E-state index in [2.05, 4.69) is 11.6 Å². The summed E-state index contributed by atoms with van der Waals surface area (Å²) in [6, 6.07) is 3.41. The van der Waals surface area contributed by atoms with E-state index in [1.807, 2.05) is 13.0 Å². The van der Waals surface area contributed by atoms with Gasteiger partial charge in [0.05, 0.1) is 17.7 Å². The number of phenols is 1. The van der Waals surface area contributed by atoms with Gasteiger partial charge in [-0.2, -0.15) is 0 Å². The van der Waals surface area contributed by atoms with Gasteiger partial charge in [0.25, 0.3) is 0 Å². The van der Waals surface area contributed by atoms with Crippen molar-refractivity contribution in [3.05, 3.63) is 48.1 Å². The van der Waals surface area contributed by atoms with E-state index in [0.29, 0.717) is 30.8 Å². The van der Waals surface area contributed by atoms with Crippen LogP contribution in [-0.2, 0) is 16.6 Å². The standard InChI is InChI=1S/C19H19NO4/c1-3-9-20-14-10-18-15-11(4-2)5-6-12(21)16(15)24-17(18)13(22)7-8-19(14,18)23/h3,5-8,17,21,23H,1,4,9-10H2,2H3/b20-14+. The molecule has 2 aliphatic carbocycles. The zero-order chi connectivity index (χ0) is 17.1. The summed E-state index contributed by atoms with van der Waals surface area (Å²) in [5.74, 6) is 0.121. The first-order valence-electron chi connectivity index (χ1n) is 8.11. The highest BCUT2D eigenvalue weighted by atomic mass is 16.5. The van der Waals surface area contributed by atoms with Gasteiger partial charge in [-0.3, -0.25) is 9.79 Å². The van der Waals surface area contributed by atoms with Crippen molar-refractivity contribution >= 4 is 11.5 Å². The molecule has 0 aromatic heterocycles. The molecule has 5 nitrogen and oxygen atoms in total. The van der Waals surface area contributed by atoms with Gasteiger partial charge in [-0.05, 0) is 30.2 Å². The maximum atomic E-state index is 12.4. The number of hydrogen-bond acceptors (Lipinski definition) is 5. The highest BCUT2D eigenvalue weighted by Gasteiger charge is 2.74. The number of carbonyl (C=O) groups is 1. The van der Waals surface area contributed by atoms with Crippen molar-refractivity contribution in [2.75, 3.05) is 6.54 Å². The van der Waals surface area contributed by atoms with E-state index in [4.69, 9.17) is 4.74 Å². The van der Waals surface area contributed by atoms with Crippen molar-refractivity contribution in [3.8, 4) is 11.5 Å². The van der Waals surface area contributed by atoms with Crippen LogP contribution >= 0.6 is 0 Å². The summed E-state index contributed by atoms with van der Waals surface area (Å²) in [7, 11) is 0. The monoisotopic (exact) mass is 325 g/mol. The molecule has 1 heterocycles. The van der Waals surface area contributed by atoms with E-state index < -0.39 is 17.1 Å². The van der Waals surface area contributed by atoms with Gasteiger partial charge in [-0.1, -0.05) is 19.1 Å². The van der Waals surface area contributed by atoms with E-state index in [9.17, 15) is 15.0 Å². The van der Waals surface area contributed by atoms with Gasteiger partial charge in [0.2, 0.25) is 0 Å². The number of aryl methyl sites for hydroxylation is 1. The van der Waals surface area contributed by atoms with Gasteiger partial charge in [0, 0.05) is 12.0 Å². The molecule has 124 valence electrons. The quantitative estimate of drug-likeness (QED) is 0.831. The highest BCUT2D eigenvalue weighted by molar-refractivity contribution is 6.12. The Morgan fingerprint density at radius 1 is 1.50 bits per heavy atom. The molecule has 4 rings (SSSR count). The van der Waals surface area contributed by atoms with Crippen molar-refractivity contribution in [3.63, 3.8) is 0 Å². The maximum Gasteiger partial charge on any atom is 0.197 e. The number of carbonyl (C=O) groups excluding carboxylic acids is 1. The molecule has 1 spiro atoms. The zero-order valence-corrected chi connectivity index (χ0v) is 13.5. The van der Waals surface area contributed by atoms with Crippen LogP contribution in [0, 0.1) is 0 Å². The second-order valence-corrected chi connectivity index (χ2v) is 6.53. The Kier molecular flexibility index (Phi) is 3.03. The summed E-state index contributed by atoms with van der Waals surface area (Å²) in [6.07, 6.45) is 4.87. The van der Waals surface area contributed by atoms with Gasteiger partial charge in [0.15, 0.2) is 23.4 Å². The van der Waals surface area contributed by atoms with Gasteiger partial charge in [-0.25, -0.2) is 0 Å². The summed E-state index contributed by atoms with van der Waals surface area (Å²) in [5.41, 5.74) is 0.0656. The lowest BCUT2D eigenvalue weighted by atomic mass is 9.47. The molecule has 24 heavy (non-hydrogen) atoms. The lowest BCUT2D eigenvalue weighted by Crippen LogP contribution is -2.73. The van der Waals surface area contributed by atoms with Crippen LogP contribution in [0.3, 0.4) is 0 Å². The molecule has 0 bridgehead atoms. The molecule has 0 saturated heterocycles. The zero-order valence-electron chi connectivity index (χ0n) is 13.5. The predicted octanol–water partition coefficient (Wildman–Crippen LogP) is 1.85. The number of benzene rings is 1. The topological polar surface area (TPSA) is 79.1 Å². The van der Waals surface area contributed by atoms with E-state index in [0.717, 1.165) is 11.1 Å². The normalized spacial score (nSPS) is 34.2. The molecular formula is C19H19NO4. The second-order valence-electron chi connectivity index (χ2n) is 6.53. The number of nitrogens with zero attached hydrogens (tertiary/aromatic N) is 1. The number of fused-ring (bicyclic) bond motifs is 1. The van der Waals surface area contributed by atoms with Crippen LogP contribution in [0.15, 0.2) is 41.9 Å². The molecule has 3 atom stereocenters. The SMILES string of the molecule is C=CC/N=C1\CC23c4c(CC)ccc(O)c4OC2C(=O)C=CC13O. The first kappa shape index (κ1) is 15.1. The molecule has 0 radical (unpaired) electrons. The van der Waals surface area contributed by atoms with Crippen LogP contribution in [0.5, 0.6) is 11.5 Å². The minimum Gasteiger partial charge on any atom is -0.504 e. The van der Waals surface area contributed by atoms with Crippen molar-refractivity contribution in [1.82, 2.24) is 0 Å². The molecule has 3 unspecified atom stereocenters. The Labute approximate surface area is 140 Å². The lowest BCUT2D eigenvalue weighted by Gasteiger charge is -2.57. The maximum absolute atomic E-state index is 12.4. The number of ether oxygens (including phenoxy) is 1. The fourth-order valence-electron chi connectivity index (χ4n) is 4.31. The number of aliphatic imine (C=N–C) groups is 1. The van der Waals surface area contributed by atoms with Crippen LogP contribution in [0.2, 0.25) is 0 Å². The number of aliphatic hydroxyl groups is 1. The summed E-state index contributed by atoms with van der Waals surface area (Å²) in [5, 5.41) is 21.6. The van der Waals surface area contributed by atoms with E-state index in [1.165, 1.54) is 12.2 Å². The van der Waals surface area contributed by atoms with E-state index in [1.54, 1.807) is 12.1 Å². The van der Waals surface area contributed by atoms with Gasteiger partial charge in [-0.15, -0.1) is 6.58 Å². The molecule has 5 heteroatoms. The average molecular weight is 325 g/mol. The van der Waals surface area contributed by atoms with Crippen LogP contribution in [-0.4, -0.2) is 40.0 Å². The summed E-state index contributed by atoms with van der Waals surface area (Å²) < 4.78 is 5.85. The summed E-state index contributed by atoms with van der Waals surface area (Å²) >= 11 is 0. The first-order valence-corrected chi connectivity index (χ1v) is 8.11. The molecular weight excluding hydrogens is 306 g/mol. The molecule has 1 aromatic rings. The third-order valence-electron chi connectivity index (χ3n) is 5.46. The predicted molar refractivity (Wildman–Crippen MR) is 89.8 cm³/mol. The Morgan fingerprint density at radius 2 is 2.29 bits per heavy atom. The fourth-order valence-corrected chi connectivity index (χ4v) is 4.31. The highest BCUT2D eigenvalue weighted by Crippen LogP contribution is 2.63. The Hall–Kier alpha value is -2.40. The van der Waals surface area contributed by atoms with E-state index in [-0.39, 0.29) is 11.5 Å². The third kappa shape index (κ3) is 1.53. The second kappa shape index (κ2) is 4.80. The third-order valence-corrected chi connectivity index (χ3v) is 5.46. The van der Waals surface area contributed by atoms with Gasteiger partial charge in [0.1, 0.15) is 5.60 Å².